The van der Waals surface area contributed by atoms with E-state index >= 15 is 0 Å². The lowest BCUT2D eigenvalue weighted by atomic mass is 10.1. The first-order chi connectivity index (χ1) is 10.7. The Hall–Kier alpha value is -1.92. The molecule has 2 aromatic rings. The Balaban J connectivity index is 1.67. The van der Waals surface area contributed by atoms with Crippen LogP contribution < -0.4 is 4.74 Å². The molecule has 1 fully saturated rings. The average Bonchev–Trinajstić information content (AvgIpc) is 3.29. The number of aliphatic hydroxyl groups is 1. The van der Waals surface area contributed by atoms with Gasteiger partial charge in [-0.05, 0) is 37.6 Å². The fraction of sp³-hybridized carbons (Fsp3) is 0.500. The van der Waals surface area contributed by atoms with Crippen LogP contribution in [0.4, 0.5) is 0 Å². The van der Waals surface area contributed by atoms with Gasteiger partial charge in [-0.1, -0.05) is 12.1 Å². The molecule has 1 aromatic heterocycles. The minimum absolute atomic E-state index is 0.0203. The van der Waals surface area contributed by atoms with Crippen molar-refractivity contribution in [3.63, 3.8) is 0 Å². The van der Waals surface area contributed by atoms with Crippen LogP contribution in [0.15, 0.2) is 28.7 Å². The van der Waals surface area contributed by atoms with Gasteiger partial charge in [-0.25, -0.2) is 0 Å². The zero-order valence-electron chi connectivity index (χ0n) is 12.9. The van der Waals surface area contributed by atoms with Gasteiger partial charge in [0.25, 0.3) is 0 Å². The van der Waals surface area contributed by atoms with E-state index in [2.05, 4.69) is 10.2 Å². The van der Waals surface area contributed by atoms with E-state index in [1.54, 1.807) is 7.11 Å². The molecule has 1 atom stereocenters. The SMILES string of the molecule is COc1ccc(C(CO)N(C)Cc2nnc(C3CC3)o2)cc1. The van der Waals surface area contributed by atoms with Crippen LogP contribution in [0, 0.1) is 0 Å². The first-order valence-electron chi connectivity index (χ1n) is 7.48. The maximum Gasteiger partial charge on any atom is 0.230 e. The summed E-state index contributed by atoms with van der Waals surface area (Å²) in [5.74, 6) is 2.60. The van der Waals surface area contributed by atoms with Gasteiger partial charge < -0.3 is 14.3 Å². The van der Waals surface area contributed by atoms with Crippen molar-refractivity contribution in [3.05, 3.63) is 41.6 Å². The van der Waals surface area contributed by atoms with Crippen LogP contribution in [0.1, 0.15) is 42.1 Å². The summed E-state index contributed by atoms with van der Waals surface area (Å²) in [6.07, 6.45) is 2.28. The quantitative estimate of drug-likeness (QED) is 0.845. The zero-order valence-corrected chi connectivity index (χ0v) is 12.9. The normalized spacial score (nSPS) is 16.0. The molecule has 0 radical (unpaired) electrons. The number of aromatic nitrogens is 2. The monoisotopic (exact) mass is 303 g/mol. The van der Waals surface area contributed by atoms with Crippen LogP contribution in [0.3, 0.4) is 0 Å². The predicted octanol–water partition coefficient (Wildman–Crippen LogP) is 2.12. The number of nitrogens with zero attached hydrogens (tertiary/aromatic N) is 3. The molecule has 6 nitrogen and oxygen atoms in total. The van der Waals surface area contributed by atoms with Crippen LogP contribution in [0.2, 0.25) is 0 Å². The first-order valence-corrected chi connectivity index (χ1v) is 7.48. The highest BCUT2D eigenvalue weighted by Gasteiger charge is 2.29. The molecule has 6 heteroatoms. The number of likely N-dealkylation sites (N-methyl/N-ethyl adjacent to an activating group) is 1. The molecule has 1 saturated carbocycles. The van der Waals surface area contributed by atoms with Gasteiger partial charge in [0.2, 0.25) is 11.8 Å². The minimum atomic E-state index is -0.123. The summed E-state index contributed by atoms with van der Waals surface area (Å²) >= 11 is 0. The van der Waals surface area contributed by atoms with Gasteiger partial charge in [0.05, 0.1) is 26.3 Å². The van der Waals surface area contributed by atoms with Gasteiger partial charge in [-0.2, -0.15) is 0 Å². The summed E-state index contributed by atoms with van der Waals surface area (Å²) < 4.78 is 10.8. The Morgan fingerprint density at radius 3 is 2.64 bits per heavy atom. The summed E-state index contributed by atoms with van der Waals surface area (Å²) in [6.45, 7) is 0.531. The highest BCUT2D eigenvalue weighted by Crippen LogP contribution is 2.39. The van der Waals surface area contributed by atoms with Gasteiger partial charge in [-0.3, -0.25) is 4.90 Å². The largest absolute Gasteiger partial charge is 0.497 e. The Labute approximate surface area is 129 Å². The lowest BCUT2D eigenvalue weighted by molar-refractivity contribution is 0.133. The van der Waals surface area contributed by atoms with Crippen molar-refractivity contribution in [2.24, 2.45) is 0 Å². The second-order valence-electron chi connectivity index (χ2n) is 5.69. The van der Waals surface area contributed by atoms with E-state index in [1.807, 2.05) is 36.2 Å². The maximum atomic E-state index is 9.72. The van der Waals surface area contributed by atoms with E-state index in [-0.39, 0.29) is 12.6 Å². The third kappa shape index (κ3) is 3.28. The molecule has 1 heterocycles. The molecule has 1 aromatic carbocycles. The molecule has 0 spiro atoms. The Morgan fingerprint density at radius 2 is 2.05 bits per heavy atom. The highest BCUT2D eigenvalue weighted by atomic mass is 16.5. The number of benzene rings is 1. The molecular weight excluding hydrogens is 282 g/mol. The number of methoxy groups -OCH3 is 1. The van der Waals surface area contributed by atoms with Gasteiger partial charge in [0.15, 0.2) is 0 Å². The molecule has 0 saturated heterocycles. The van der Waals surface area contributed by atoms with E-state index in [0.29, 0.717) is 18.4 Å². The molecule has 22 heavy (non-hydrogen) atoms. The zero-order chi connectivity index (χ0) is 15.5. The molecule has 118 valence electrons. The van der Waals surface area contributed by atoms with E-state index in [9.17, 15) is 5.11 Å². The van der Waals surface area contributed by atoms with Crippen LogP contribution >= 0.6 is 0 Å². The van der Waals surface area contributed by atoms with Gasteiger partial charge in [-0.15, -0.1) is 10.2 Å². The molecule has 1 N–H and O–H groups in total. The molecule has 0 bridgehead atoms. The number of rotatable bonds is 7. The molecule has 1 aliphatic carbocycles. The van der Waals surface area contributed by atoms with E-state index < -0.39 is 0 Å². The number of hydrogen-bond donors (Lipinski definition) is 1. The molecular formula is C16H21N3O3. The lowest BCUT2D eigenvalue weighted by Crippen LogP contribution is -2.27. The highest BCUT2D eigenvalue weighted by molar-refractivity contribution is 5.29. The van der Waals surface area contributed by atoms with E-state index in [0.717, 1.165) is 30.0 Å². The Bertz CT molecular complexity index is 607. The fourth-order valence-corrected chi connectivity index (χ4v) is 2.47. The number of hydrogen-bond acceptors (Lipinski definition) is 6. The van der Waals surface area contributed by atoms with Crippen LogP contribution in [0.5, 0.6) is 5.75 Å². The third-order valence-electron chi connectivity index (χ3n) is 4.00. The average molecular weight is 303 g/mol. The van der Waals surface area contributed by atoms with Crippen molar-refractivity contribution in [2.45, 2.75) is 31.3 Å². The van der Waals surface area contributed by atoms with Gasteiger partial charge in [0, 0.05) is 5.92 Å². The summed E-state index contributed by atoms with van der Waals surface area (Å²) in [4.78, 5) is 2.01. The maximum absolute atomic E-state index is 9.72. The van der Waals surface area contributed by atoms with Crippen molar-refractivity contribution >= 4 is 0 Å². The molecule has 1 aliphatic rings. The molecule has 3 rings (SSSR count). The third-order valence-corrected chi connectivity index (χ3v) is 4.00. The van der Waals surface area contributed by atoms with Gasteiger partial charge in [0.1, 0.15) is 5.75 Å². The smallest absolute Gasteiger partial charge is 0.230 e. The van der Waals surface area contributed by atoms with Gasteiger partial charge >= 0.3 is 0 Å². The molecule has 1 unspecified atom stereocenters. The molecule has 0 amide bonds. The van der Waals surface area contributed by atoms with Crippen molar-refractivity contribution in [3.8, 4) is 5.75 Å². The predicted molar refractivity (Wildman–Crippen MR) is 80.6 cm³/mol. The van der Waals surface area contributed by atoms with Crippen LogP contribution in [-0.2, 0) is 6.54 Å². The number of ether oxygens (including phenoxy) is 1. The minimum Gasteiger partial charge on any atom is -0.497 e. The second kappa shape index (κ2) is 6.46. The summed E-state index contributed by atoms with van der Waals surface area (Å²) in [5, 5.41) is 17.9. The summed E-state index contributed by atoms with van der Waals surface area (Å²) in [7, 11) is 3.57. The van der Waals surface area contributed by atoms with Crippen molar-refractivity contribution in [1.29, 1.82) is 0 Å². The van der Waals surface area contributed by atoms with Crippen molar-refractivity contribution in [1.82, 2.24) is 15.1 Å². The standard InChI is InChI=1S/C16H21N3O3/c1-19(9-15-17-18-16(22-15)12-3-4-12)14(10-20)11-5-7-13(21-2)8-6-11/h5-8,12,14,20H,3-4,9-10H2,1-2H3. The van der Waals surface area contributed by atoms with Crippen molar-refractivity contribution in [2.75, 3.05) is 20.8 Å². The van der Waals surface area contributed by atoms with Crippen LogP contribution in [0.25, 0.3) is 0 Å². The van der Waals surface area contributed by atoms with Crippen LogP contribution in [-0.4, -0.2) is 41.0 Å². The van der Waals surface area contributed by atoms with E-state index in [1.165, 1.54) is 0 Å². The Morgan fingerprint density at radius 1 is 1.32 bits per heavy atom. The Kier molecular flexibility index (Phi) is 4.40. The second-order valence-corrected chi connectivity index (χ2v) is 5.69. The first kappa shape index (κ1) is 15.0. The number of aliphatic hydroxyl groups excluding tert-OH is 1. The summed E-state index contributed by atoms with van der Waals surface area (Å²) in [6, 6.07) is 7.58. The fourth-order valence-electron chi connectivity index (χ4n) is 2.47. The van der Waals surface area contributed by atoms with E-state index in [4.69, 9.17) is 9.15 Å². The topological polar surface area (TPSA) is 71.6 Å². The molecule has 0 aliphatic heterocycles. The lowest BCUT2D eigenvalue weighted by Gasteiger charge is -2.25. The van der Waals surface area contributed by atoms with Crippen molar-refractivity contribution < 1.29 is 14.3 Å². The summed E-state index contributed by atoms with van der Waals surface area (Å²) in [5.41, 5.74) is 1.02.